The predicted octanol–water partition coefficient (Wildman–Crippen LogP) is 4.53. The van der Waals surface area contributed by atoms with Crippen molar-refractivity contribution < 1.29 is 8.78 Å². The summed E-state index contributed by atoms with van der Waals surface area (Å²) in [6.45, 7) is 0.649. The smallest absolute Gasteiger partial charge is 0.248 e. The Bertz CT molecular complexity index is 364. The average Bonchev–Trinajstić information content (AvgIpc) is 2.27. The van der Waals surface area contributed by atoms with E-state index in [9.17, 15) is 8.78 Å². The van der Waals surface area contributed by atoms with Gasteiger partial charge < -0.3 is 5.32 Å². The van der Waals surface area contributed by atoms with Gasteiger partial charge in [-0.05, 0) is 65.6 Å². The lowest BCUT2D eigenvalue weighted by molar-refractivity contribution is -0.0502. The van der Waals surface area contributed by atoms with Crippen LogP contribution in [-0.4, -0.2) is 12.5 Å². The maximum Gasteiger partial charge on any atom is 0.248 e. The minimum atomic E-state index is -2.45. The molecule has 2 rings (SSSR count). The summed E-state index contributed by atoms with van der Waals surface area (Å²) in [6, 6.07) is 8.00. The standard InChI is InChI=1S/C13H16F2IN/c14-13(15)7-1-2-10(8-13)9-17-12-5-3-11(16)4-6-12/h3-6,10,17H,1-2,7-9H2. The van der Waals surface area contributed by atoms with Gasteiger partial charge in [0.25, 0.3) is 0 Å². The molecule has 1 unspecified atom stereocenters. The number of alkyl halides is 2. The molecule has 0 spiro atoms. The first kappa shape index (κ1) is 13.1. The van der Waals surface area contributed by atoms with Gasteiger partial charge in [0.05, 0.1) is 0 Å². The van der Waals surface area contributed by atoms with Crippen LogP contribution in [0.25, 0.3) is 0 Å². The molecular formula is C13H16F2IN. The van der Waals surface area contributed by atoms with E-state index < -0.39 is 5.92 Å². The summed E-state index contributed by atoms with van der Waals surface area (Å²) in [5, 5.41) is 3.24. The second-order valence-electron chi connectivity index (χ2n) is 4.71. The number of benzene rings is 1. The molecule has 0 bridgehead atoms. The highest BCUT2D eigenvalue weighted by Gasteiger charge is 2.35. The van der Waals surface area contributed by atoms with Crippen LogP contribution in [0.3, 0.4) is 0 Å². The highest BCUT2D eigenvalue weighted by molar-refractivity contribution is 14.1. The normalized spacial score (nSPS) is 23.4. The molecular weight excluding hydrogens is 335 g/mol. The van der Waals surface area contributed by atoms with Crippen LogP contribution in [0.2, 0.25) is 0 Å². The van der Waals surface area contributed by atoms with Gasteiger partial charge in [-0.2, -0.15) is 0 Å². The number of halogens is 3. The molecule has 1 atom stereocenters. The highest BCUT2D eigenvalue weighted by Crippen LogP contribution is 2.36. The molecule has 0 aromatic heterocycles. The molecule has 1 nitrogen and oxygen atoms in total. The van der Waals surface area contributed by atoms with E-state index in [0.717, 1.165) is 12.1 Å². The van der Waals surface area contributed by atoms with Crippen molar-refractivity contribution in [1.82, 2.24) is 0 Å². The third-order valence-corrected chi connectivity index (χ3v) is 3.90. The fourth-order valence-electron chi connectivity index (χ4n) is 2.28. The molecule has 0 amide bonds. The quantitative estimate of drug-likeness (QED) is 0.789. The number of anilines is 1. The summed E-state index contributed by atoms with van der Waals surface area (Å²) in [7, 11) is 0. The first-order valence-corrected chi connectivity index (χ1v) is 7.00. The van der Waals surface area contributed by atoms with Crippen LogP contribution in [-0.2, 0) is 0 Å². The topological polar surface area (TPSA) is 12.0 Å². The molecule has 0 radical (unpaired) electrons. The van der Waals surface area contributed by atoms with Crippen molar-refractivity contribution >= 4 is 28.3 Å². The van der Waals surface area contributed by atoms with Crippen LogP contribution >= 0.6 is 22.6 Å². The van der Waals surface area contributed by atoms with Crippen molar-refractivity contribution in [2.24, 2.45) is 5.92 Å². The Hall–Kier alpha value is -0.390. The Labute approximate surface area is 114 Å². The molecule has 1 aromatic rings. The van der Waals surface area contributed by atoms with Crippen LogP contribution < -0.4 is 5.32 Å². The van der Waals surface area contributed by atoms with Crippen molar-refractivity contribution in [3.63, 3.8) is 0 Å². The molecule has 1 N–H and O–H groups in total. The van der Waals surface area contributed by atoms with Gasteiger partial charge >= 0.3 is 0 Å². The van der Waals surface area contributed by atoms with Crippen LogP contribution in [0.15, 0.2) is 24.3 Å². The van der Waals surface area contributed by atoms with E-state index >= 15 is 0 Å². The maximum absolute atomic E-state index is 13.2. The van der Waals surface area contributed by atoms with Crippen molar-refractivity contribution in [3.05, 3.63) is 27.8 Å². The summed E-state index contributed by atoms with van der Waals surface area (Å²) in [5.74, 6) is -2.35. The van der Waals surface area contributed by atoms with Gasteiger partial charge in [0.15, 0.2) is 0 Å². The maximum atomic E-state index is 13.2. The fourth-order valence-corrected chi connectivity index (χ4v) is 2.64. The van der Waals surface area contributed by atoms with Crippen molar-refractivity contribution in [2.45, 2.75) is 31.6 Å². The van der Waals surface area contributed by atoms with E-state index in [0.29, 0.717) is 13.0 Å². The van der Waals surface area contributed by atoms with E-state index in [2.05, 4.69) is 27.9 Å². The van der Waals surface area contributed by atoms with E-state index in [1.165, 1.54) is 3.57 Å². The Morgan fingerprint density at radius 2 is 2.00 bits per heavy atom. The zero-order valence-corrected chi connectivity index (χ0v) is 11.7. The molecule has 0 saturated heterocycles. The van der Waals surface area contributed by atoms with Crippen LogP contribution in [0.1, 0.15) is 25.7 Å². The minimum Gasteiger partial charge on any atom is -0.385 e. The molecule has 4 heteroatoms. The molecule has 0 heterocycles. The largest absolute Gasteiger partial charge is 0.385 e. The van der Waals surface area contributed by atoms with Gasteiger partial charge in [-0.3, -0.25) is 0 Å². The van der Waals surface area contributed by atoms with Crippen LogP contribution in [0, 0.1) is 9.49 Å². The molecule has 1 saturated carbocycles. The second kappa shape index (κ2) is 5.50. The average molecular weight is 351 g/mol. The zero-order chi connectivity index (χ0) is 12.3. The van der Waals surface area contributed by atoms with E-state index in [1.807, 2.05) is 24.3 Å². The van der Waals surface area contributed by atoms with Gasteiger partial charge in [-0.15, -0.1) is 0 Å². The number of hydrogen-bond donors (Lipinski definition) is 1. The molecule has 1 aromatic carbocycles. The summed E-state index contributed by atoms with van der Waals surface area (Å²) in [5.41, 5.74) is 1.01. The fraction of sp³-hybridized carbons (Fsp3) is 0.538. The van der Waals surface area contributed by atoms with E-state index in [-0.39, 0.29) is 18.8 Å². The Kier molecular flexibility index (Phi) is 4.22. The third-order valence-electron chi connectivity index (χ3n) is 3.18. The summed E-state index contributed by atoms with van der Waals surface area (Å²) in [6.07, 6.45) is 1.65. The summed E-state index contributed by atoms with van der Waals surface area (Å²) in [4.78, 5) is 0. The lowest BCUT2D eigenvalue weighted by Crippen LogP contribution is -2.29. The molecule has 1 fully saturated rings. The van der Waals surface area contributed by atoms with E-state index in [4.69, 9.17) is 0 Å². The van der Waals surface area contributed by atoms with Gasteiger partial charge in [0.2, 0.25) is 5.92 Å². The highest BCUT2D eigenvalue weighted by atomic mass is 127. The Morgan fingerprint density at radius 1 is 1.29 bits per heavy atom. The molecule has 17 heavy (non-hydrogen) atoms. The lowest BCUT2D eigenvalue weighted by atomic mass is 9.86. The van der Waals surface area contributed by atoms with Crippen molar-refractivity contribution in [2.75, 3.05) is 11.9 Å². The van der Waals surface area contributed by atoms with Gasteiger partial charge in [0.1, 0.15) is 0 Å². The van der Waals surface area contributed by atoms with Gasteiger partial charge in [-0.25, -0.2) is 8.78 Å². The summed E-state index contributed by atoms with van der Waals surface area (Å²) < 4.78 is 27.6. The Balaban J connectivity index is 1.84. The minimum absolute atomic E-state index is 0.0321. The molecule has 1 aliphatic carbocycles. The number of hydrogen-bond acceptors (Lipinski definition) is 1. The molecule has 94 valence electrons. The van der Waals surface area contributed by atoms with Gasteiger partial charge in [-0.1, -0.05) is 0 Å². The molecule has 1 aliphatic rings. The number of rotatable bonds is 3. The van der Waals surface area contributed by atoms with E-state index in [1.54, 1.807) is 0 Å². The van der Waals surface area contributed by atoms with Crippen LogP contribution in [0.5, 0.6) is 0 Å². The van der Waals surface area contributed by atoms with Crippen LogP contribution in [0.4, 0.5) is 14.5 Å². The number of nitrogens with one attached hydrogen (secondary N) is 1. The molecule has 0 aliphatic heterocycles. The first-order chi connectivity index (χ1) is 8.05. The monoisotopic (exact) mass is 351 g/mol. The van der Waals surface area contributed by atoms with Gasteiger partial charge in [0, 0.05) is 28.6 Å². The second-order valence-corrected chi connectivity index (χ2v) is 5.95. The predicted molar refractivity (Wildman–Crippen MR) is 74.6 cm³/mol. The summed E-state index contributed by atoms with van der Waals surface area (Å²) >= 11 is 2.25. The first-order valence-electron chi connectivity index (χ1n) is 5.92. The Morgan fingerprint density at radius 3 is 2.65 bits per heavy atom. The third kappa shape index (κ3) is 4.08. The zero-order valence-electron chi connectivity index (χ0n) is 9.56. The lowest BCUT2D eigenvalue weighted by Gasteiger charge is -2.29. The van der Waals surface area contributed by atoms with Crippen molar-refractivity contribution in [1.29, 1.82) is 0 Å². The SMILES string of the molecule is FC1(F)CCCC(CNc2ccc(I)cc2)C1. The van der Waals surface area contributed by atoms with Crippen molar-refractivity contribution in [3.8, 4) is 0 Å².